The second-order valence-corrected chi connectivity index (χ2v) is 4.09. The number of methoxy groups -OCH3 is 1. The summed E-state index contributed by atoms with van der Waals surface area (Å²) in [4.78, 5) is 0. The van der Waals surface area contributed by atoms with Gasteiger partial charge in [0.05, 0.1) is 18.7 Å². The molecule has 3 nitrogen and oxygen atoms in total. The Morgan fingerprint density at radius 3 is 2.56 bits per heavy atom. The highest BCUT2D eigenvalue weighted by atomic mass is 35.5. The minimum Gasteiger partial charge on any atom is -0.495 e. The SMILES string of the molecule is COc1ccc(C(CN)NCC(F)(F)F)cc1Cl. The van der Waals surface area contributed by atoms with E-state index in [1.54, 1.807) is 18.2 Å². The lowest BCUT2D eigenvalue weighted by molar-refractivity contribution is -0.126. The number of rotatable bonds is 5. The molecule has 0 heterocycles. The van der Waals surface area contributed by atoms with E-state index in [0.29, 0.717) is 16.3 Å². The summed E-state index contributed by atoms with van der Waals surface area (Å²) in [7, 11) is 1.46. The van der Waals surface area contributed by atoms with Crippen molar-refractivity contribution < 1.29 is 17.9 Å². The molecule has 3 N–H and O–H groups in total. The average molecular weight is 283 g/mol. The molecule has 0 saturated carbocycles. The third-order valence-electron chi connectivity index (χ3n) is 2.36. The first kappa shape index (κ1) is 15.1. The molecule has 1 unspecified atom stereocenters. The minimum atomic E-state index is -4.27. The van der Waals surface area contributed by atoms with Gasteiger partial charge in [-0.05, 0) is 17.7 Å². The van der Waals surface area contributed by atoms with Crippen LogP contribution in [0.3, 0.4) is 0 Å². The molecule has 102 valence electrons. The van der Waals surface area contributed by atoms with Gasteiger partial charge in [0.15, 0.2) is 0 Å². The lowest BCUT2D eigenvalue weighted by atomic mass is 10.1. The summed E-state index contributed by atoms with van der Waals surface area (Å²) < 4.78 is 41.3. The second-order valence-electron chi connectivity index (χ2n) is 3.68. The summed E-state index contributed by atoms with van der Waals surface area (Å²) in [5.74, 6) is 0.465. The third kappa shape index (κ3) is 4.36. The smallest absolute Gasteiger partial charge is 0.401 e. The van der Waals surface area contributed by atoms with Gasteiger partial charge in [-0.2, -0.15) is 13.2 Å². The summed E-state index contributed by atoms with van der Waals surface area (Å²) in [5, 5.41) is 2.68. The Labute approximate surface area is 108 Å². The van der Waals surface area contributed by atoms with Crippen molar-refractivity contribution in [2.75, 3.05) is 20.2 Å². The number of alkyl halides is 3. The molecule has 0 radical (unpaired) electrons. The zero-order chi connectivity index (χ0) is 13.8. The maximum atomic E-state index is 12.1. The predicted octanol–water partition coefficient (Wildman–Crippen LogP) is 2.50. The van der Waals surface area contributed by atoms with Crippen molar-refractivity contribution >= 4 is 11.6 Å². The molecule has 1 rings (SSSR count). The van der Waals surface area contributed by atoms with Gasteiger partial charge in [-0.1, -0.05) is 17.7 Å². The van der Waals surface area contributed by atoms with Crippen molar-refractivity contribution in [1.82, 2.24) is 5.32 Å². The molecule has 0 aliphatic heterocycles. The molecular weight excluding hydrogens is 269 g/mol. The van der Waals surface area contributed by atoms with Crippen LogP contribution in [0.5, 0.6) is 5.75 Å². The highest BCUT2D eigenvalue weighted by molar-refractivity contribution is 6.32. The second kappa shape index (κ2) is 6.26. The van der Waals surface area contributed by atoms with Gasteiger partial charge in [0, 0.05) is 12.6 Å². The Morgan fingerprint density at radius 1 is 1.44 bits per heavy atom. The summed E-state index contributed by atoms with van der Waals surface area (Å²) in [6, 6.07) is 4.16. The van der Waals surface area contributed by atoms with Crippen molar-refractivity contribution in [3.05, 3.63) is 28.8 Å². The average Bonchev–Trinajstić information content (AvgIpc) is 2.28. The Kier molecular flexibility index (Phi) is 5.25. The highest BCUT2D eigenvalue weighted by Gasteiger charge is 2.28. The Balaban J connectivity index is 2.79. The molecule has 0 spiro atoms. The summed E-state index contributed by atoms with van der Waals surface area (Å²) in [6.45, 7) is -1.06. The van der Waals surface area contributed by atoms with E-state index in [4.69, 9.17) is 22.1 Å². The van der Waals surface area contributed by atoms with Crippen LogP contribution in [-0.2, 0) is 0 Å². The number of nitrogens with two attached hydrogens (primary N) is 1. The number of nitrogens with one attached hydrogen (secondary N) is 1. The van der Waals surface area contributed by atoms with Crippen LogP contribution in [0.1, 0.15) is 11.6 Å². The molecule has 0 amide bonds. The normalized spacial score (nSPS) is 13.4. The van der Waals surface area contributed by atoms with Gasteiger partial charge in [0.2, 0.25) is 0 Å². The Hall–Kier alpha value is -0.980. The monoisotopic (exact) mass is 282 g/mol. The first-order valence-electron chi connectivity index (χ1n) is 5.21. The third-order valence-corrected chi connectivity index (χ3v) is 2.66. The standard InChI is InChI=1S/C11H14ClF3N2O/c1-18-10-3-2-7(4-8(10)12)9(5-16)17-6-11(13,14)15/h2-4,9,17H,5-6,16H2,1H3. The van der Waals surface area contributed by atoms with E-state index in [9.17, 15) is 13.2 Å². The lowest BCUT2D eigenvalue weighted by Gasteiger charge is -2.19. The zero-order valence-corrected chi connectivity index (χ0v) is 10.5. The number of halogens is 4. The van der Waals surface area contributed by atoms with Crippen LogP contribution in [0.25, 0.3) is 0 Å². The van der Waals surface area contributed by atoms with Crippen LogP contribution in [0.2, 0.25) is 5.02 Å². The van der Waals surface area contributed by atoms with E-state index in [2.05, 4.69) is 5.32 Å². The van der Waals surface area contributed by atoms with E-state index in [1.807, 2.05) is 0 Å². The molecule has 0 aliphatic carbocycles. The predicted molar refractivity (Wildman–Crippen MR) is 63.9 cm³/mol. The quantitative estimate of drug-likeness (QED) is 0.872. The van der Waals surface area contributed by atoms with Crippen molar-refractivity contribution in [2.45, 2.75) is 12.2 Å². The Bertz CT molecular complexity index is 398. The van der Waals surface area contributed by atoms with E-state index in [1.165, 1.54) is 7.11 Å². The summed E-state index contributed by atoms with van der Waals surface area (Å²) >= 11 is 5.90. The van der Waals surface area contributed by atoms with Gasteiger partial charge < -0.3 is 15.8 Å². The zero-order valence-electron chi connectivity index (χ0n) is 9.72. The molecule has 0 aromatic heterocycles. The van der Waals surface area contributed by atoms with Crippen LogP contribution >= 0.6 is 11.6 Å². The number of hydrogen-bond donors (Lipinski definition) is 2. The van der Waals surface area contributed by atoms with Crippen molar-refractivity contribution in [3.63, 3.8) is 0 Å². The molecule has 1 atom stereocenters. The molecular formula is C11H14ClF3N2O. The molecule has 1 aromatic rings. The highest BCUT2D eigenvalue weighted by Crippen LogP contribution is 2.27. The molecule has 0 bridgehead atoms. The minimum absolute atomic E-state index is 0.0404. The van der Waals surface area contributed by atoms with Gasteiger partial charge in [-0.25, -0.2) is 0 Å². The van der Waals surface area contributed by atoms with Crippen LogP contribution in [-0.4, -0.2) is 26.4 Å². The van der Waals surface area contributed by atoms with Gasteiger partial charge in [0.25, 0.3) is 0 Å². The Morgan fingerprint density at radius 2 is 2.11 bits per heavy atom. The number of ether oxygens (including phenoxy) is 1. The van der Waals surface area contributed by atoms with E-state index in [-0.39, 0.29) is 6.54 Å². The fourth-order valence-electron chi connectivity index (χ4n) is 1.48. The maximum Gasteiger partial charge on any atom is 0.401 e. The fourth-order valence-corrected chi connectivity index (χ4v) is 1.74. The van der Waals surface area contributed by atoms with E-state index >= 15 is 0 Å². The number of hydrogen-bond acceptors (Lipinski definition) is 3. The fraction of sp³-hybridized carbons (Fsp3) is 0.455. The first-order valence-corrected chi connectivity index (χ1v) is 5.59. The van der Waals surface area contributed by atoms with Gasteiger partial charge in [-0.15, -0.1) is 0 Å². The largest absolute Gasteiger partial charge is 0.495 e. The van der Waals surface area contributed by atoms with Crippen LogP contribution in [0.15, 0.2) is 18.2 Å². The molecule has 18 heavy (non-hydrogen) atoms. The van der Waals surface area contributed by atoms with Crippen LogP contribution < -0.4 is 15.8 Å². The lowest BCUT2D eigenvalue weighted by Crippen LogP contribution is -2.35. The van der Waals surface area contributed by atoms with E-state index in [0.717, 1.165) is 0 Å². The van der Waals surface area contributed by atoms with Gasteiger partial charge in [-0.3, -0.25) is 0 Å². The van der Waals surface area contributed by atoms with E-state index < -0.39 is 18.8 Å². The molecule has 0 fully saturated rings. The topological polar surface area (TPSA) is 47.3 Å². The molecule has 7 heteroatoms. The van der Waals surface area contributed by atoms with Crippen molar-refractivity contribution in [1.29, 1.82) is 0 Å². The molecule has 0 saturated heterocycles. The molecule has 0 aliphatic rings. The molecule has 1 aromatic carbocycles. The summed E-state index contributed by atoms with van der Waals surface area (Å²) in [5.41, 5.74) is 6.04. The van der Waals surface area contributed by atoms with Crippen molar-refractivity contribution in [3.8, 4) is 5.75 Å². The van der Waals surface area contributed by atoms with Gasteiger partial charge in [0.1, 0.15) is 5.75 Å². The summed E-state index contributed by atoms with van der Waals surface area (Å²) in [6.07, 6.45) is -4.27. The van der Waals surface area contributed by atoms with Crippen LogP contribution in [0, 0.1) is 0 Å². The number of benzene rings is 1. The first-order chi connectivity index (χ1) is 8.37. The van der Waals surface area contributed by atoms with Gasteiger partial charge >= 0.3 is 6.18 Å². The van der Waals surface area contributed by atoms with Crippen LogP contribution in [0.4, 0.5) is 13.2 Å². The maximum absolute atomic E-state index is 12.1. The van der Waals surface area contributed by atoms with Crippen molar-refractivity contribution in [2.24, 2.45) is 5.73 Å².